The van der Waals surface area contributed by atoms with Crippen LogP contribution < -0.4 is 4.74 Å². The average molecular weight is 531 g/mol. The van der Waals surface area contributed by atoms with E-state index in [0.29, 0.717) is 18.1 Å². The lowest BCUT2D eigenvalue weighted by molar-refractivity contribution is 0.310. The Bertz CT molecular complexity index is 1170. The van der Waals surface area contributed by atoms with E-state index in [1.807, 2.05) is 0 Å². The number of hydrogen-bond donors (Lipinski definition) is 0. The molecule has 0 N–H and O–H groups in total. The zero-order chi connectivity index (χ0) is 27.5. The summed E-state index contributed by atoms with van der Waals surface area (Å²) in [7, 11) is 0. The monoisotopic (exact) mass is 530 g/mol. The Morgan fingerprint density at radius 3 is 1.97 bits per heavy atom. The van der Waals surface area contributed by atoms with Gasteiger partial charge in [-0.1, -0.05) is 92.9 Å². The normalized spacial score (nSPS) is 17.5. The lowest BCUT2D eigenvalue weighted by Crippen LogP contribution is -2.14. The first-order valence-electron chi connectivity index (χ1n) is 15.0. The predicted molar refractivity (Wildman–Crippen MR) is 159 cm³/mol. The SMILES string of the molecule is CCCCCCc1ccc(-c2ccc(CC/C=C/C3CCC(c4ccc(OCC)c(F)c4F)CC3)cc2)cc1. The van der Waals surface area contributed by atoms with Crippen molar-refractivity contribution in [1.82, 2.24) is 0 Å². The summed E-state index contributed by atoms with van der Waals surface area (Å²) < 4.78 is 34.1. The molecule has 208 valence electrons. The number of benzene rings is 3. The molecule has 0 bridgehead atoms. The van der Waals surface area contributed by atoms with E-state index in [1.54, 1.807) is 19.1 Å². The Balaban J connectivity index is 1.20. The molecule has 0 atom stereocenters. The molecule has 0 aromatic heterocycles. The molecule has 0 heterocycles. The molecule has 0 unspecified atom stereocenters. The van der Waals surface area contributed by atoms with Gasteiger partial charge in [0.1, 0.15) is 0 Å². The second-order valence-corrected chi connectivity index (χ2v) is 11.0. The zero-order valence-electron chi connectivity index (χ0n) is 23.7. The van der Waals surface area contributed by atoms with Crippen LogP contribution in [0.5, 0.6) is 5.75 Å². The van der Waals surface area contributed by atoms with Crippen molar-refractivity contribution in [2.75, 3.05) is 6.61 Å². The van der Waals surface area contributed by atoms with Crippen LogP contribution in [0.4, 0.5) is 8.78 Å². The van der Waals surface area contributed by atoms with Gasteiger partial charge in [0, 0.05) is 0 Å². The number of allylic oxidation sites excluding steroid dienone is 2. The maximum Gasteiger partial charge on any atom is 0.200 e. The summed E-state index contributed by atoms with van der Waals surface area (Å²) in [4.78, 5) is 0. The molecule has 3 aromatic rings. The van der Waals surface area contributed by atoms with Gasteiger partial charge in [-0.2, -0.15) is 4.39 Å². The van der Waals surface area contributed by atoms with Gasteiger partial charge in [0.25, 0.3) is 0 Å². The summed E-state index contributed by atoms with van der Waals surface area (Å²) in [6, 6.07) is 21.3. The molecule has 0 spiro atoms. The Morgan fingerprint density at radius 1 is 0.718 bits per heavy atom. The molecule has 0 aliphatic heterocycles. The Labute approximate surface area is 234 Å². The molecule has 4 rings (SSSR count). The zero-order valence-corrected chi connectivity index (χ0v) is 23.7. The van der Waals surface area contributed by atoms with E-state index in [0.717, 1.165) is 38.5 Å². The van der Waals surface area contributed by atoms with Crippen LogP contribution in [-0.2, 0) is 12.8 Å². The van der Waals surface area contributed by atoms with Crippen molar-refractivity contribution in [3.63, 3.8) is 0 Å². The Morgan fingerprint density at radius 2 is 1.36 bits per heavy atom. The van der Waals surface area contributed by atoms with Crippen LogP contribution >= 0.6 is 0 Å². The van der Waals surface area contributed by atoms with Crippen LogP contribution in [0.3, 0.4) is 0 Å². The average Bonchev–Trinajstić information content (AvgIpc) is 2.97. The van der Waals surface area contributed by atoms with Crippen LogP contribution in [0.25, 0.3) is 11.1 Å². The molecular formula is C36H44F2O. The maximum absolute atomic E-state index is 14.6. The quantitative estimate of drug-likeness (QED) is 0.158. The smallest absolute Gasteiger partial charge is 0.200 e. The van der Waals surface area contributed by atoms with Crippen LogP contribution in [0.15, 0.2) is 72.8 Å². The van der Waals surface area contributed by atoms with Gasteiger partial charge in [-0.05, 0) is 104 Å². The van der Waals surface area contributed by atoms with Gasteiger partial charge in [-0.25, -0.2) is 4.39 Å². The summed E-state index contributed by atoms with van der Waals surface area (Å²) >= 11 is 0. The van der Waals surface area contributed by atoms with Gasteiger partial charge in [0.2, 0.25) is 5.82 Å². The maximum atomic E-state index is 14.6. The lowest BCUT2D eigenvalue weighted by atomic mass is 9.78. The number of hydrogen-bond acceptors (Lipinski definition) is 1. The fraction of sp³-hybridized carbons (Fsp3) is 0.444. The minimum Gasteiger partial charge on any atom is -0.491 e. The first-order chi connectivity index (χ1) is 19.1. The first kappa shape index (κ1) is 29.1. The van der Waals surface area contributed by atoms with Crippen molar-refractivity contribution in [1.29, 1.82) is 0 Å². The Kier molecular flexibility index (Phi) is 11.2. The molecule has 0 amide bonds. The van der Waals surface area contributed by atoms with Crippen molar-refractivity contribution in [2.24, 2.45) is 5.92 Å². The number of aryl methyl sites for hydroxylation is 2. The van der Waals surface area contributed by atoms with E-state index in [-0.39, 0.29) is 11.7 Å². The third-order valence-corrected chi connectivity index (χ3v) is 8.16. The molecule has 3 heteroatoms. The first-order valence-corrected chi connectivity index (χ1v) is 15.0. The molecule has 1 aliphatic rings. The summed E-state index contributed by atoms with van der Waals surface area (Å²) in [6.45, 7) is 4.35. The molecule has 0 saturated heterocycles. The molecule has 0 radical (unpaired) electrons. The fourth-order valence-electron chi connectivity index (χ4n) is 5.77. The molecule has 1 saturated carbocycles. The highest BCUT2D eigenvalue weighted by Crippen LogP contribution is 2.39. The molecule has 1 aliphatic carbocycles. The molecule has 1 nitrogen and oxygen atoms in total. The van der Waals surface area contributed by atoms with Gasteiger partial charge in [0.15, 0.2) is 11.6 Å². The van der Waals surface area contributed by atoms with Gasteiger partial charge in [-0.3, -0.25) is 0 Å². The number of halogens is 2. The fourth-order valence-corrected chi connectivity index (χ4v) is 5.77. The highest BCUT2D eigenvalue weighted by Gasteiger charge is 2.25. The summed E-state index contributed by atoms with van der Waals surface area (Å²) in [5, 5.41) is 0. The molecule has 39 heavy (non-hydrogen) atoms. The van der Waals surface area contributed by atoms with Crippen LogP contribution in [-0.4, -0.2) is 6.61 Å². The van der Waals surface area contributed by atoms with Crippen molar-refractivity contribution in [3.8, 4) is 16.9 Å². The van der Waals surface area contributed by atoms with E-state index in [4.69, 9.17) is 4.74 Å². The topological polar surface area (TPSA) is 9.23 Å². The van der Waals surface area contributed by atoms with Gasteiger partial charge in [-0.15, -0.1) is 0 Å². The van der Waals surface area contributed by atoms with Gasteiger partial charge < -0.3 is 4.74 Å². The number of ether oxygens (including phenoxy) is 1. The van der Waals surface area contributed by atoms with E-state index >= 15 is 0 Å². The highest BCUT2D eigenvalue weighted by molar-refractivity contribution is 5.64. The van der Waals surface area contributed by atoms with Crippen LogP contribution in [0.1, 0.15) is 94.2 Å². The molecular weight excluding hydrogens is 486 g/mol. The largest absolute Gasteiger partial charge is 0.491 e. The predicted octanol–water partition coefficient (Wildman–Crippen LogP) is 10.6. The van der Waals surface area contributed by atoms with E-state index in [2.05, 4.69) is 67.6 Å². The van der Waals surface area contributed by atoms with Gasteiger partial charge >= 0.3 is 0 Å². The number of unbranched alkanes of at least 4 members (excludes halogenated alkanes) is 3. The van der Waals surface area contributed by atoms with Crippen molar-refractivity contribution in [2.45, 2.75) is 90.4 Å². The van der Waals surface area contributed by atoms with E-state index < -0.39 is 11.6 Å². The highest BCUT2D eigenvalue weighted by atomic mass is 19.2. The standard InChI is InChI=1S/C36H44F2O/c1-3-5-6-7-10-27-13-19-30(20-14-27)31-21-15-28(16-22-31)11-8-9-12-29-17-23-32(24-18-29)33-25-26-34(39-4-2)36(38)35(33)37/h9,12-16,19-22,25-26,29,32H,3-8,10-11,17-18,23-24H2,1-2H3/b12-9+. The summed E-state index contributed by atoms with van der Waals surface area (Å²) in [5.74, 6) is -0.974. The summed E-state index contributed by atoms with van der Waals surface area (Å²) in [5.41, 5.74) is 5.84. The Hall–Kier alpha value is -2.94. The lowest BCUT2D eigenvalue weighted by Gasteiger charge is -2.27. The number of rotatable bonds is 13. The minimum atomic E-state index is -0.851. The third-order valence-electron chi connectivity index (χ3n) is 8.16. The second kappa shape index (κ2) is 15.0. The van der Waals surface area contributed by atoms with Crippen LogP contribution in [0, 0.1) is 17.6 Å². The van der Waals surface area contributed by atoms with E-state index in [1.165, 1.54) is 54.4 Å². The van der Waals surface area contributed by atoms with Gasteiger partial charge in [0.05, 0.1) is 6.61 Å². The van der Waals surface area contributed by atoms with Crippen molar-refractivity contribution < 1.29 is 13.5 Å². The van der Waals surface area contributed by atoms with Crippen molar-refractivity contribution >= 4 is 0 Å². The minimum absolute atomic E-state index is 0.00663. The second-order valence-electron chi connectivity index (χ2n) is 11.0. The molecule has 1 fully saturated rings. The van der Waals surface area contributed by atoms with E-state index in [9.17, 15) is 8.78 Å². The third kappa shape index (κ3) is 8.27. The van der Waals surface area contributed by atoms with Crippen LogP contribution in [0.2, 0.25) is 0 Å². The van der Waals surface area contributed by atoms with Crippen molar-refractivity contribution in [3.05, 3.63) is 101 Å². The summed E-state index contributed by atoms with van der Waals surface area (Å²) in [6.07, 6.45) is 16.9. The molecule has 3 aromatic carbocycles.